The van der Waals surface area contributed by atoms with Crippen LogP contribution in [0.5, 0.6) is 5.75 Å². The molecule has 6 aromatic carbocycles. The van der Waals surface area contributed by atoms with Gasteiger partial charge in [-0.2, -0.15) is 0 Å². The molecular formula is C54H48N3OPt-. The Labute approximate surface area is 362 Å². The summed E-state index contributed by atoms with van der Waals surface area (Å²) in [6, 6.07) is 51.6. The molecule has 0 atom stereocenters. The molecule has 11 rings (SSSR count). The number of aromatic hydroxyl groups is 1. The molecule has 5 heteroatoms. The van der Waals surface area contributed by atoms with Crippen molar-refractivity contribution in [1.82, 2.24) is 14.5 Å². The Hall–Kier alpha value is -5.57. The van der Waals surface area contributed by atoms with Gasteiger partial charge in [-0.25, -0.2) is 0 Å². The van der Waals surface area contributed by atoms with Crippen molar-refractivity contribution in [2.24, 2.45) is 0 Å². The van der Waals surface area contributed by atoms with Gasteiger partial charge >= 0.3 is 0 Å². The van der Waals surface area contributed by atoms with E-state index in [1.165, 1.54) is 50.2 Å². The van der Waals surface area contributed by atoms with Crippen molar-refractivity contribution in [2.45, 2.75) is 77.6 Å². The van der Waals surface area contributed by atoms with Gasteiger partial charge in [0.05, 0.1) is 22.6 Å². The van der Waals surface area contributed by atoms with E-state index in [-0.39, 0.29) is 44.1 Å². The first kappa shape index (κ1) is 38.9. The van der Waals surface area contributed by atoms with E-state index in [9.17, 15) is 5.11 Å². The molecule has 2 aromatic heterocycles. The Morgan fingerprint density at radius 1 is 0.576 bits per heavy atom. The van der Waals surface area contributed by atoms with Gasteiger partial charge in [-0.05, 0) is 97.7 Å². The van der Waals surface area contributed by atoms with Crippen molar-refractivity contribution < 1.29 is 26.2 Å². The third kappa shape index (κ3) is 6.30. The second kappa shape index (κ2) is 14.6. The van der Waals surface area contributed by atoms with Gasteiger partial charge in [0, 0.05) is 49.8 Å². The number of aromatic nitrogens is 3. The molecule has 0 saturated heterocycles. The van der Waals surface area contributed by atoms with Crippen molar-refractivity contribution in [3.05, 3.63) is 190 Å². The van der Waals surface area contributed by atoms with Gasteiger partial charge in [0.2, 0.25) is 0 Å². The third-order valence-corrected chi connectivity index (χ3v) is 12.5. The monoisotopic (exact) mass is 949 g/mol. The summed E-state index contributed by atoms with van der Waals surface area (Å²) in [6.45, 7) is 15.7. The number of para-hydroxylation sites is 1. The molecular weight excluding hydrogens is 902 g/mol. The summed E-state index contributed by atoms with van der Waals surface area (Å²) in [6.07, 6.45) is 0. The maximum Gasteiger partial charge on any atom is 0.124 e. The molecule has 1 N–H and O–H groups in total. The molecule has 0 radical (unpaired) electrons. The zero-order valence-electron chi connectivity index (χ0n) is 34.6. The van der Waals surface area contributed by atoms with Crippen molar-refractivity contribution in [2.75, 3.05) is 0 Å². The van der Waals surface area contributed by atoms with Gasteiger partial charge in [-0.1, -0.05) is 145 Å². The van der Waals surface area contributed by atoms with E-state index in [2.05, 4.69) is 162 Å². The molecule has 0 aliphatic heterocycles. The van der Waals surface area contributed by atoms with Crippen LogP contribution >= 0.6 is 0 Å². The summed E-state index contributed by atoms with van der Waals surface area (Å²) in [5.74, 6) is 1.99. The predicted molar refractivity (Wildman–Crippen MR) is 237 cm³/mol. The summed E-state index contributed by atoms with van der Waals surface area (Å²) in [7, 11) is 0. The number of rotatable bonds is 6. The summed E-state index contributed by atoms with van der Waals surface area (Å²) in [5, 5.41) is 11.0. The van der Waals surface area contributed by atoms with Crippen LogP contribution in [0.25, 0.3) is 50.6 Å². The first-order valence-corrected chi connectivity index (χ1v) is 20.7. The first-order valence-electron chi connectivity index (χ1n) is 20.7. The van der Waals surface area contributed by atoms with Crippen LogP contribution < -0.4 is 0 Å². The van der Waals surface area contributed by atoms with Crippen LogP contribution in [0.1, 0.15) is 122 Å². The number of benzene rings is 6. The zero-order valence-corrected chi connectivity index (χ0v) is 36.9. The Morgan fingerprint density at radius 2 is 1.12 bits per heavy atom. The quantitative estimate of drug-likeness (QED) is 0.169. The molecule has 0 spiro atoms. The molecule has 0 amide bonds. The van der Waals surface area contributed by atoms with Crippen molar-refractivity contribution >= 4 is 11.0 Å². The summed E-state index contributed by atoms with van der Waals surface area (Å²) in [4.78, 5) is 10.7. The normalized spacial score (nSPS) is 15.3. The Kier molecular flexibility index (Phi) is 9.64. The van der Waals surface area contributed by atoms with Crippen LogP contribution in [0.15, 0.2) is 133 Å². The fourth-order valence-corrected chi connectivity index (χ4v) is 9.60. The molecule has 296 valence electrons. The van der Waals surface area contributed by atoms with Crippen molar-refractivity contribution in [1.29, 1.82) is 0 Å². The fourth-order valence-electron chi connectivity index (χ4n) is 9.60. The van der Waals surface area contributed by atoms with E-state index in [1.54, 1.807) is 6.07 Å². The second-order valence-electron chi connectivity index (χ2n) is 17.8. The van der Waals surface area contributed by atoms with Gasteiger partial charge in [0.25, 0.3) is 0 Å². The topological polar surface area (TPSA) is 50.9 Å². The number of fused-ring (bicyclic) bond motifs is 1. The van der Waals surface area contributed by atoms with Crippen LogP contribution in [-0.2, 0) is 26.5 Å². The molecule has 4 nitrogen and oxygen atoms in total. The van der Waals surface area contributed by atoms with Gasteiger partial charge < -0.3 is 9.67 Å². The Bertz CT molecular complexity index is 2860. The van der Waals surface area contributed by atoms with E-state index in [1.807, 2.05) is 24.3 Å². The maximum absolute atomic E-state index is 11.0. The smallest absolute Gasteiger partial charge is 0.124 e. The SMILES string of the molecule is CC(C)c1cccc(C(C)C)c1-n1c(-c2[c-]c(-c3cccc(-c4cc(C(C)(C)C)ccc4O)n3)ccc2)nc2cc3c(cc21)C1c2ccccc2C3c2ccccc21.[Pt]. The molecule has 0 unspecified atom stereocenters. The minimum absolute atomic E-state index is 0. The molecule has 59 heavy (non-hydrogen) atoms. The maximum atomic E-state index is 11.0. The standard InChI is InChI=1S/C54H48N3O.Pt/c1-31(2)36-21-13-22-37(32(3)4)52(36)57-48-30-43-42(50-38-17-8-10-19-40(38)51(43)41-20-11-9-18-39(41)50)29-47(48)56-53(57)34-16-12-15-33(27-34)45-23-14-24-46(55-45)44-28-35(54(5,6)7)25-26-49(44)58;/h8-26,28-32,50-51,58H,1-7H3;/q-1;. The Morgan fingerprint density at radius 3 is 1.71 bits per heavy atom. The van der Waals surface area contributed by atoms with Gasteiger partial charge in [0.1, 0.15) is 5.75 Å². The van der Waals surface area contributed by atoms with Crippen LogP contribution in [0.4, 0.5) is 0 Å². The molecule has 3 aliphatic rings. The number of imidazole rings is 1. The number of hydrogen-bond donors (Lipinski definition) is 1. The summed E-state index contributed by atoms with van der Waals surface area (Å²) in [5.41, 5.74) is 19.3. The average Bonchev–Trinajstić information content (AvgIpc) is 3.60. The number of hydrogen-bond acceptors (Lipinski definition) is 3. The van der Waals surface area contributed by atoms with Crippen LogP contribution in [-0.4, -0.2) is 19.6 Å². The Balaban J connectivity index is 0.00000449. The predicted octanol–water partition coefficient (Wildman–Crippen LogP) is 13.5. The van der Waals surface area contributed by atoms with Gasteiger partial charge in [-0.3, -0.25) is 9.97 Å². The number of phenolic OH excluding ortho intramolecular Hbond substituents is 1. The zero-order chi connectivity index (χ0) is 40.0. The van der Waals surface area contributed by atoms with Gasteiger partial charge in [0.15, 0.2) is 0 Å². The van der Waals surface area contributed by atoms with Gasteiger partial charge in [-0.15, -0.1) is 24.3 Å². The molecule has 8 aromatic rings. The summed E-state index contributed by atoms with van der Waals surface area (Å²) < 4.78 is 2.44. The van der Waals surface area contributed by atoms with Crippen molar-refractivity contribution in [3.8, 4) is 45.3 Å². The largest absolute Gasteiger partial charge is 0.507 e. The third-order valence-electron chi connectivity index (χ3n) is 12.5. The second-order valence-corrected chi connectivity index (χ2v) is 17.8. The van der Waals surface area contributed by atoms with E-state index in [0.29, 0.717) is 11.8 Å². The average molecular weight is 950 g/mol. The van der Waals surface area contributed by atoms with E-state index >= 15 is 0 Å². The minimum atomic E-state index is -0.0654. The van der Waals surface area contributed by atoms with Crippen molar-refractivity contribution in [3.63, 3.8) is 0 Å². The molecule has 0 fully saturated rings. The summed E-state index contributed by atoms with van der Waals surface area (Å²) >= 11 is 0. The number of pyridine rings is 1. The molecule has 0 saturated carbocycles. The molecule has 3 aliphatic carbocycles. The minimum Gasteiger partial charge on any atom is -0.507 e. The fraction of sp³-hybridized carbons (Fsp3) is 0.222. The molecule has 2 heterocycles. The number of nitrogens with zero attached hydrogens (tertiary/aromatic N) is 3. The number of phenols is 1. The molecule has 2 bridgehead atoms. The van der Waals surface area contributed by atoms with E-state index in [0.717, 1.165) is 50.5 Å². The first-order chi connectivity index (χ1) is 28.0. The van der Waals surface area contributed by atoms with Crippen LogP contribution in [0, 0.1) is 6.07 Å². The van der Waals surface area contributed by atoms with E-state index in [4.69, 9.17) is 9.97 Å². The van der Waals surface area contributed by atoms with E-state index < -0.39 is 0 Å². The van der Waals surface area contributed by atoms with Crippen LogP contribution in [0.3, 0.4) is 0 Å². The van der Waals surface area contributed by atoms with Crippen LogP contribution in [0.2, 0.25) is 0 Å².